The van der Waals surface area contributed by atoms with Crippen molar-refractivity contribution >= 4 is 0 Å². The molecule has 1 atom stereocenters. The van der Waals surface area contributed by atoms with Gasteiger partial charge < -0.3 is 9.47 Å². The van der Waals surface area contributed by atoms with Crippen LogP contribution in [0.1, 0.15) is 22.9 Å². The van der Waals surface area contributed by atoms with Gasteiger partial charge in [-0.1, -0.05) is 35.5 Å². The molecule has 3 rings (SSSR count). The van der Waals surface area contributed by atoms with Crippen molar-refractivity contribution in [2.24, 2.45) is 5.18 Å². The molecule has 5 nitrogen and oxygen atoms in total. The second kappa shape index (κ2) is 8.76. The summed E-state index contributed by atoms with van der Waals surface area (Å²) in [5.74, 6) is 1.57. The molecular formula is C21H20N2O3. The molecule has 26 heavy (non-hydrogen) atoms. The zero-order chi connectivity index (χ0) is 18.2. The van der Waals surface area contributed by atoms with Crippen molar-refractivity contribution in [2.45, 2.75) is 12.5 Å². The summed E-state index contributed by atoms with van der Waals surface area (Å²) in [7, 11) is 1.63. The summed E-state index contributed by atoms with van der Waals surface area (Å²) < 4.78 is 10.9. The van der Waals surface area contributed by atoms with E-state index in [2.05, 4.69) is 10.2 Å². The lowest BCUT2D eigenvalue weighted by molar-refractivity contribution is 0.320. The summed E-state index contributed by atoms with van der Waals surface area (Å²) in [6.07, 6.45) is 2.34. The van der Waals surface area contributed by atoms with Crippen molar-refractivity contribution in [3.63, 3.8) is 0 Å². The fraction of sp³-hybridized carbons (Fsp3) is 0.190. The highest BCUT2D eigenvalue weighted by Gasteiger charge is 2.18. The predicted octanol–water partition coefficient (Wildman–Crippen LogP) is 4.57. The second-order valence-electron chi connectivity index (χ2n) is 5.74. The van der Waals surface area contributed by atoms with Gasteiger partial charge in [0.1, 0.15) is 11.5 Å². The highest BCUT2D eigenvalue weighted by atomic mass is 16.5. The molecule has 0 fully saturated rings. The highest BCUT2D eigenvalue weighted by molar-refractivity contribution is 5.36. The van der Waals surface area contributed by atoms with Crippen molar-refractivity contribution in [3.8, 4) is 11.5 Å². The van der Waals surface area contributed by atoms with Gasteiger partial charge in [-0.25, -0.2) is 0 Å². The SMILES string of the molecule is COc1ccc(OCCc2ccccc2C(N=O)c2ccccn2)cc1. The number of rotatable bonds is 8. The van der Waals surface area contributed by atoms with Crippen molar-refractivity contribution in [3.05, 3.63) is 94.7 Å². The Morgan fingerprint density at radius 2 is 1.69 bits per heavy atom. The third-order valence-corrected chi connectivity index (χ3v) is 4.12. The molecule has 0 aliphatic rings. The van der Waals surface area contributed by atoms with E-state index in [9.17, 15) is 4.91 Å². The summed E-state index contributed by atoms with van der Waals surface area (Å²) in [5, 5.41) is 3.31. The van der Waals surface area contributed by atoms with Crippen LogP contribution in [0.25, 0.3) is 0 Å². The van der Waals surface area contributed by atoms with E-state index in [-0.39, 0.29) is 0 Å². The minimum Gasteiger partial charge on any atom is -0.497 e. The number of benzene rings is 2. The quantitative estimate of drug-likeness (QED) is 0.560. The Morgan fingerprint density at radius 3 is 2.38 bits per heavy atom. The largest absolute Gasteiger partial charge is 0.497 e. The Morgan fingerprint density at radius 1 is 0.962 bits per heavy atom. The number of hydrogen-bond acceptors (Lipinski definition) is 5. The fourth-order valence-electron chi connectivity index (χ4n) is 2.79. The molecular weight excluding hydrogens is 328 g/mol. The van der Waals surface area contributed by atoms with Crippen molar-refractivity contribution < 1.29 is 9.47 Å². The van der Waals surface area contributed by atoms with E-state index in [1.54, 1.807) is 13.3 Å². The average Bonchev–Trinajstić information content (AvgIpc) is 2.71. The molecule has 1 aromatic heterocycles. The van der Waals surface area contributed by atoms with Crippen LogP contribution in [-0.2, 0) is 6.42 Å². The van der Waals surface area contributed by atoms with Crippen molar-refractivity contribution in [1.29, 1.82) is 0 Å². The van der Waals surface area contributed by atoms with E-state index in [1.807, 2.05) is 66.7 Å². The highest BCUT2D eigenvalue weighted by Crippen LogP contribution is 2.27. The summed E-state index contributed by atoms with van der Waals surface area (Å²) in [5.41, 5.74) is 2.53. The standard InChI is InChI=1S/C21H20N2O3/c1-25-17-9-11-18(12-10-17)26-15-13-16-6-2-3-7-19(16)21(23-24)20-8-4-5-14-22-20/h2-12,14,21H,13,15H2,1H3. The predicted molar refractivity (Wildman–Crippen MR) is 101 cm³/mol. The first-order valence-corrected chi connectivity index (χ1v) is 8.40. The van der Waals surface area contributed by atoms with E-state index in [4.69, 9.17) is 9.47 Å². The molecule has 0 aliphatic heterocycles. The Labute approximate surface area is 152 Å². The van der Waals surface area contributed by atoms with Crippen LogP contribution in [0, 0.1) is 4.91 Å². The van der Waals surface area contributed by atoms with Crippen LogP contribution < -0.4 is 9.47 Å². The lowest BCUT2D eigenvalue weighted by atomic mass is 9.96. The van der Waals surface area contributed by atoms with Gasteiger partial charge in [-0.3, -0.25) is 4.98 Å². The van der Waals surface area contributed by atoms with Gasteiger partial charge in [0.25, 0.3) is 0 Å². The number of hydrogen-bond donors (Lipinski definition) is 0. The second-order valence-corrected chi connectivity index (χ2v) is 5.74. The number of methoxy groups -OCH3 is 1. The monoisotopic (exact) mass is 348 g/mol. The van der Waals surface area contributed by atoms with Crippen LogP contribution in [0.4, 0.5) is 0 Å². The van der Waals surface area contributed by atoms with Gasteiger partial charge >= 0.3 is 0 Å². The Balaban J connectivity index is 1.71. The first-order valence-electron chi connectivity index (χ1n) is 8.40. The molecule has 2 aromatic carbocycles. The maximum absolute atomic E-state index is 11.5. The molecule has 5 heteroatoms. The molecule has 0 saturated heterocycles. The van der Waals surface area contributed by atoms with Gasteiger partial charge in [0.2, 0.25) is 0 Å². The van der Waals surface area contributed by atoms with Crippen LogP contribution in [0.2, 0.25) is 0 Å². The lowest BCUT2D eigenvalue weighted by Gasteiger charge is -2.14. The van der Waals surface area contributed by atoms with Gasteiger partial charge in [-0.15, -0.1) is 4.91 Å². The van der Waals surface area contributed by atoms with Gasteiger partial charge in [0.05, 0.1) is 19.4 Å². The van der Waals surface area contributed by atoms with Gasteiger partial charge in [0, 0.05) is 12.6 Å². The third kappa shape index (κ3) is 4.25. The summed E-state index contributed by atoms with van der Waals surface area (Å²) in [4.78, 5) is 15.8. The smallest absolute Gasteiger partial charge is 0.159 e. The molecule has 0 saturated carbocycles. The van der Waals surface area contributed by atoms with Crippen LogP contribution in [0.5, 0.6) is 11.5 Å². The lowest BCUT2D eigenvalue weighted by Crippen LogP contribution is -2.07. The van der Waals surface area contributed by atoms with Gasteiger partial charge in [-0.05, 0) is 47.5 Å². The Kier molecular flexibility index (Phi) is 5.93. The number of aromatic nitrogens is 1. The molecule has 132 valence electrons. The van der Waals surface area contributed by atoms with Crippen molar-refractivity contribution in [1.82, 2.24) is 4.98 Å². The van der Waals surface area contributed by atoms with Crippen LogP contribution >= 0.6 is 0 Å². The zero-order valence-electron chi connectivity index (χ0n) is 14.5. The molecule has 0 aliphatic carbocycles. The fourth-order valence-corrected chi connectivity index (χ4v) is 2.79. The molecule has 0 N–H and O–H groups in total. The normalized spacial score (nSPS) is 11.6. The zero-order valence-corrected chi connectivity index (χ0v) is 14.5. The minimum absolute atomic E-state index is 0.497. The first kappa shape index (κ1) is 17.6. The van der Waals surface area contributed by atoms with Crippen molar-refractivity contribution in [2.75, 3.05) is 13.7 Å². The maximum atomic E-state index is 11.5. The summed E-state index contributed by atoms with van der Waals surface area (Å²) in [6.45, 7) is 0.497. The molecule has 1 heterocycles. The number of nitroso groups, excluding NO2 is 1. The molecule has 3 aromatic rings. The molecule has 0 spiro atoms. The molecule has 0 bridgehead atoms. The van der Waals surface area contributed by atoms with E-state index in [0.717, 1.165) is 22.6 Å². The summed E-state index contributed by atoms with van der Waals surface area (Å²) in [6, 6.07) is 20.1. The molecule has 0 amide bonds. The van der Waals surface area contributed by atoms with E-state index in [1.165, 1.54) is 0 Å². The average molecular weight is 348 g/mol. The Hall–Kier alpha value is -3.21. The number of nitrogens with zero attached hydrogens (tertiary/aromatic N) is 2. The first-order chi connectivity index (χ1) is 12.8. The molecule has 1 unspecified atom stereocenters. The van der Waals surface area contributed by atoms with E-state index in [0.29, 0.717) is 18.7 Å². The maximum Gasteiger partial charge on any atom is 0.159 e. The number of pyridine rings is 1. The molecule has 0 radical (unpaired) electrons. The van der Waals surface area contributed by atoms with Gasteiger partial charge in [0.15, 0.2) is 6.04 Å². The minimum atomic E-state index is -0.617. The Bertz CT molecular complexity index is 835. The third-order valence-electron chi connectivity index (χ3n) is 4.12. The van der Waals surface area contributed by atoms with E-state index < -0.39 is 6.04 Å². The number of ether oxygens (including phenoxy) is 2. The van der Waals surface area contributed by atoms with Crippen LogP contribution in [0.15, 0.2) is 78.1 Å². The topological polar surface area (TPSA) is 60.8 Å². The van der Waals surface area contributed by atoms with E-state index >= 15 is 0 Å². The van der Waals surface area contributed by atoms with Crippen LogP contribution in [-0.4, -0.2) is 18.7 Å². The van der Waals surface area contributed by atoms with Gasteiger partial charge in [-0.2, -0.15) is 0 Å². The van der Waals surface area contributed by atoms with Crippen LogP contribution in [0.3, 0.4) is 0 Å². The summed E-state index contributed by atoms with van der Waals surface area (Å²) >= 11 is 0.